The lowest BCUT2D eigenvalue weighted by molar-refractivity contribution is 0.523. The Morgan fingerprint density at radius 2 is 2.20 bits per heavy atom. The lowest BCUT2D eigenvalue weighted by Crippen LogP contribution is -2.24. The van der Waals surface area contributed by atoms with Crippen molar-refractivity contribution >= 4 is 0 Å². The molecule has 0 saturated carbocycles. The van der Waals surface area contributed by atoms with Gasteiger partial charge in [0, 0.05) is 19.3 Å². The summed E-state index contributed by atoms with van der Waals surface area (Å²) in [4.78, 5) is 0. The fourth-order valence-corrected chi connectivity index (χ4v) is 2.27. The molecule has 1 atom stereocenters. The number of halogens is 1. The van der Waals surface area contributed by atoms with Crippen LogP contribution in [0.1, 0.15) is 36.1 Å². The predicted octanol–water partition coefficient (Wildman–Crippen LogP) is 3.15. The minimum Gasteiger partial charge on any atom is -0.310 e. The summed E-state index contributed by atoms with van der Waals surface area (Å²) in [7, 11) is 1.91. The van der Waals surface area contributed by atoms with Gasteiger partial charge in [-0.2, -0.15) is 5.10 Å². The van der Waals surface area contributed by atoms with Crippen LogP contribution in [0.25, 0.3) is 0 Å². The third kappa shape index (κ3) is 3.67. The molecule has 0 aliphatic rings. The number of nitrogens with one attached hydrogen (secondary N) is 1. The largest absolute Gasteiger partial charge is 0.310 e. The third-order valence-electron chi connectivity index (χ3n) is 3.44. The van der Waals surface area contributed by atoms with Gasteiger partial charge >= 0.3 is 0 Å². The second-order valence-corrected chi connectivity index (χ2v) is 5.24. The van der Waals surface area contributed by atoms with E-state index < -0.39 is 0 Å². The van der Waals surface area contributed by atoms with Gasteiger partial charge in [0.2, 0.25) is 0 Å². The molecule has 1 unspecified atom stereocenters. The average molecular weight is 275 g/mol. The molecule has 0 spiro atoms. The maximum absolute atomic E-state index is 13.8. The molecule has 20 heavy (non-hydrogen) atoms. The van der Waals surface area contributed by atoms with Crippen molar-refractivity contribution < 1.29 is 4.39 Å². The zero-order chi connectivity index (χ0) is 14.5. The van der Waals surface area contributed by atoms with Gasteiger partial charge in [-0.25, -0.2) is 4.39 Å². The monoisotopic (exact) mass is 275 g/mol. The number of rotatable bonds is 6. The van der Waals surface area contributed by atoms with Gasteiger partial charge in [0.25, 0.3) is 0 Å². The van der Waals surface area contributed by atoms with Crippen molar-refractivity contribution in [2.24, 2.45) is 7.05 Å². The summed E-state index contributed by atoms with van der Waals surface area (Å²) < 4.78 is 15.6. The first-order valence-electron chi connectivity index (χ1n) is 7.07. The number of nitrogens with zero attached hydrogens (tertiary/aromatic N) is 2. The molecule has 0 radical (unpaired) electrons. The highest BCUT2D eigenvalue weighted by Crippen LogP contribution is 2.20. The topological polar surface area (TPSA) is 29.9 Å². The number of aromatic nitrogens is 2. The molecule has 1 N–H and O–H groups in total. The molecule has 1 aromatic carbocycles. The van der Waals surface area contributed by atoms with Gasteiger partial charge in [-0.3, -0.25) is 4.68 Å². The first-order valence-corrected chi connectivity index (χ1v) is 7.07. The lowest BCUT2D eigenvalue weighted by Gasteiger charge is -2.19. The molecule has 3 nitrogen and oxygen atoms in total. The van der Waals surface area contributed by atoms with E-state index in [2.05, 4.69) is 17.3 Å². The number of aryl methyl sites for hydroxylation is 2. The summed E-state index contributed by atoms with van der Waals surface area (Å²) in [6, 6.07) is 5.60. The summed E-state index contributed by atoms with van der Waals surface area (Å²) in [5.41, 5.74) is 2.83. The highest BCUT2D eigenvalue weighted by Gasteiger charge is 2.14. The Labute approximate surface area is 119 Å². The lowest BCUT2D eigenvalue weighted by atomic mass is 9.99. The number of benzene rings is 1. The van der Waals surface area contributed by atoms with Crippen LogP contribution in [0.3, 0.4) is 0 Å². The molecule has 2 aromatic rings. The molecule has 4 heteroatoms. The Hall–Kier alpha value is -1.68. The smallest absolute Gasteiger partial charge is 0.126 e. The van der Waals surface area contributed by atoms with E-state index in [1.807, 2.05) is 31.6 Å². The summed E-state index contributed by atoms with van der Waals surface area (Å²) >= 11 is 0. The minimum absolute atomic E-state index is 0.120. The van der Waals surface area contributed by atoms with Gasteiger partial charge in [0.1, 0.15) is 5.82 Å². The van der Waals surface area contributed by atoms with Gasteiger partial charge in [0.05, 0.1) is 6.20 Å². The molecule has 0 aliphatic heterocycles. The molecule has 0 amide bonds. The second-order valence-electron chi connectivity index (χ2n) is 5.24. The van der Waals surface area contributed by atoms with Crippen LogP contribution < -0.4 is 5.32 Å². The van der Waals surface area contributed by atoms with Crippen LogP contribution in [0.5, 0.6) is 0 Å². The van der Waals surface area contributed by atoms with Crippen molar-refractivity contribution in [1.29, 1.82) is 0 Å². The van der Waals surface area contributed by atoms with Crippen LogP contribution in [0, 0.1) is 12.7 Å². The maximum Gasteiger partial charge on any atom is 0.126 e. The fourth-order valence-electron chi connectivity index (χ4n) is 2.27. The summed E-state index contributed by atoms with van der Waals surface area (Å²) in [6.07, 6.45) is 5.74. The van der Waals surface area contributed by atoms with E-state index in [9.17, 15) is 4.39 Å². The van der Waals surface area contributed by atoms with Crippen molar-refractivity contribution in [2.75, 3.05) is 6.54 Å². The summed E-state index contributed by atoms with van der Waals surface area (Å²) in [5.74, 6) is -0.142. The predicted molar refractivity (Wildman–Crippen MR) is 79.1 cm³/mol. The van der Waals surface area contributed by atoms with Crippen molar-refractivity contribution in [3.63, 3.8) is 0 Å². The van der Waals surface area contributed by atoms with Gasteiger partial charge < -0.3 is 5.32 Å². The highest BCUT2D eigenvalue weighted by atomic mass is 19.1. The van der Waals surface area contributed by atoms with E-state index in [-0.39, 0.29) is 11.9 Å². The van der Waals surface area contributed by atoms with Gasteiger partial charge in [-0.05, 0) is 49.1 Å². The Bertz CT molecular complexity index is 563. The van der Waals surface area contributed by atoms with Crippen molar-refractivity contribution in [3.05, 3.63) is 53.1 Å². The minimum atomic E-state index is -0.142. The molecule has 0 fully saturated rings. The first kappa shape index (κ1) is 14.7. The third-order valence-corrected chi connectivity index (χ3v) is 3.44. The second kappa shape index (κ2) is 6.66. The van der Waals surface area contributed by atoms with Crippen LogP contribution in [-0.4, -0.2) is 16.3 Å². The van der Waals surface area contributed by atoms with E-state index in [4.69, 9.17) is 0 Å². The zero-order valence-corrected chi connectivity index (χ0v) is 12.4. The highest BCUT2D eigenvalue weighted by molar-refractivity contribution is 5.27. The zero-order valence-electron chi connectivity index (χ0n) is 12.4. The molecule has 0 aliphatic carbocycles. The molecular formula is C16H22FN3. The SMILES string of the molecule is CCCNC(Cc1cnn(C)c1)c1ccc(C)c(F)c1. The Morgan fingerprint density at radius 3 is 2.80 bits per heavy atom. The van der Waals surface area contributed by atoms with Gasteiger partial charge in [-0.1, -0.05) is 19.1 Å². The quantitative estimate of drug-likeness (QED) is 0.877. The van der Waals surface area contributed by atoms with E-state index in [0.29, 0.717) is 5.56 Å². The molecule has 108 valence electrons. The van der Waals surface area contributed by atoms with Crippen LogP contribution in [0.15, 0.2) is 30.6 Å². The molecule has 2 rings (SSSR count). The fraction of sp³-hybridized carbons (Fsp3) is 0.438. The van der Waals surface area contributed by atoms with Crippen LogP contribution in [0.4, 0.5) is 4.39 Å². The van der Waals surface area contributed by atoms with Crippen LogP contribution >= 0.6 is 0 Å². The normalized spacial score (nSPS) is 12.6. The van der Waals surface area contributed by atoms with Crippen molar-refractivity contribution in [1.82, 2.24) is 15.1 Å². The Balaban J connectivity index is 2.19. The summed E-state index contributed by atoms with van der Waals surface area (Å²) in [6.45, 7) is 4.83. The van der Waals surface area contributed by atoms with Gasteiger partial charge in [0.15, 0.2) is 0 Å². The number of hydrogen-bond donors (Lipinski definition) is 1. The molecular weight excluding hydrogens is 253 g/mol. The van der Waals surface area contributed by atoms with Crippen molar-refractivity contribution in [3.8, 4) is 0 Å². The molecule has 1 heterocycles. The van der Waals surface area contributed by atoms with E-state index in [1.54, 1.807) is 17.7 Å². The Kier molecular flexibility index (Phi) is 4.90. The van der Waals surface area contributed by atoms with E-state index in [0.717, 1.165) is 30.5 Å². The molecule has 0 saturated heterocycles. The van der Waals surface area contributed by atoms with Crippen molar-refractivity contribution in [2.45, 2.75) is 32.7 Å². The standard InChI is InChI=1S/C16H22FN3/c1-4-7-18-16(8-13-10-19-20(3)11-13)14-6-5-12(2)15(17)9-14/h5-6,9-11,16,18H,4,7-8H2,1-3H3. The molecule has 1 aromatic heterocycles. The first-order chi connectivity index (χ1) is 9.60. The Morgan fingerprint density at radius 1 is 1.40 bits per heavy atom. The van der Waals surface area contributed by atoms with E-state index in [1.165, 1.54) is 0 Å². The van der Waals surface area contributed by atoms with E-state index >= 15 is 0 Å². The number of hydrogen-bond acceptors (Lipinski definition) is 2. The maximum atomic E-state index is 13.8. The van der Waals surface area contributed by atoms with Crippen LogP contribution in [0.2, 0.25) is 0 Å². The van der Waals surface area contributed by atoms with Crippen LogP contribution in [-0.2, 0) is 13.5 Å². The average Bonchev–Trinajstić information content (AvgIpc) is 2.83. The molecule has 0 bridgehead atoms. The van der Waals surface area contributed by atoms with Gasteiger partial charge in [-0.15, -0.1) is 0 Å². The summed E-state index contributed by atoms with van der Waals surface area (Å²) in [5, 5.41) is 7.68.